The number of ether oxygens (including phenoxy) is 2. The standard InChI is InChI=1S/C24H36O8/c1-11-19(28)24-16(27)9-15-21(4,5)8-7-17(32-13(3)26)22(15,6)18(24)14(31-12(2)25)10-23(11,30)20(24)29/h11,14-18,20,27,29-30H,7-10H2,1-6H3/t11-,14+,15+,16+,17+,18+,20-,22-,23+,24+/m0/s1. The molecule has 4 aliphatic carbocycles. The van der Waals surface area contributed by atoms with Gasteiger partial charge >= 0.3 is 11.9 Å². The van der Waals surface area contributed by atoms with E-state index in [-0.39, 0.29) is 24.2 Å². The summed E-state index contributed by atoms with van der Waals surface area (Å²) in [4.78, 5) is 37.9. The lowest BCUT2D eigenvalue weighted by Gasteiger charge is -2.68. The number of carbonyl (C=O) groups is 3. The fourth-order valence-electron chi connectivity index (χ4n) is 8.39. The average molecular weight is 453 g/mol. The van der Waals surface area contributed by atoms with Gasteiger partial charge in [-0.3, -0.25) is 14.4 Å². The number of ketones is 1. The van der Waals surface area contributed by atoms with Gasteiger partial charge in [0.1, 0.15) is 17.8 Å². The van der Waals surface area contributed by atoms with E-state index >= 15 is 0 Å². The van der Waals surface area contributed by atoms with Crippen LogP contribution in [0.5, 0.6) is 0 Å². The van der Waals surface area contributed by atoms with Gasteiger partial charge in [0.15, 0.2) is 5.78 Å². The van der Waals surface area contributed by atoms with Crippen LogP contribution in [-0.2, 0) is 23.9 Å². The molecule has 4 rings (SSSR count). The number of hydrogen-bond acceptors (Lipinski definition) is 8. The van der Waals surface area contributed by atoms with Gasteiger partial charge in [-0.05, 0) is 30.6 Å². The molecule has 0 heterocycles. The topological polar surface area (TPSA) is 130 Å². The lowest BCUT2D eigenvalue weighted by molar-refractivity contribution is -0.296. The summed E-state index contributed by atoms with van der Waals surface area (Å²) in [6.07, 6.45) is -2.81. The van der Waals surface area contributed by atoms with Crippen LogP contribution in [0.25, 0.3) is 0 Å². The van der Waals surface area contributed by atoms with Gasteiger partial charge in [0.05, 0.1) is 17.6 Å². The zero-order valence-electron chi connectivity index (χ0n) is 19.8. The number of esters is 2. The second kappa shape index (κ2) is 7.00. The van der Waals surface area contributed by atoms with Gasteiger partial charge in [-0.15, -0.1) is 0 Å². The first-order chi connectivity index (χ1) is 14.6. The Morgan fingerprint density at radius 1 is 1.06 bits per heavy atom. The Hall–Kier alpha value is -1.51. The van der Waals surface area contributed by atoms with Crippen molar-refractivity contribution in [1.29, 1.82) is 0 Å². The van der Waals surface area contributed by atoms with Crippen molar-refractivity contribution in [3.8, 4) is 0 Å². The minimum atomic E-state index is -1.81. The Morgan fingerprint density at radius 3 is 2.22 bits per heavy atom. The monoisotopic (exact) mass is 452 g/mol. The fraction of sp³-hybridized carbons (Fsp3) is 0.875. The Morgan fingerprint density at radius 2 is 1.66 bits per heavy atom. The van der Waals surface area contributed by atoms with Crippen molar-refractivity contribution in [3.63, 3.8) is 0 Å². The molecule has 10 atom stereocenters. The maximum absolute atomic E-state index is 13.8. The Kier molecular flexibility index (Phi) is 5.17. The molecule has 180 valence electrons. The highest BCUT2D eigenvalue weighted by Gasteiger charge is 2.82. The highest BCUT2D eigenvalue weighted by atomic mass is 16.6. The molecule has 0 amide bonds. The molecule has 3 N–H and O–H groups in total. The zero-order valence-corrected chi connectivity index (χ0v) is 19.8. The predicted octanol–water partition coefficient (Wildman–Crippen LogP) is 1.37. The number of carbonyl (C=O) groups excluding carboxylic acids is 3. The normalized spacial score (nSPS) is 51.4. The predicted molar refractivity (Wildman–Crippen MR) is 112 cm³/mol. The highest BCUT2D eigenvalue weighted by molar-refractivity contribution is 5.94. The molecular weight excluding hydrogens is 416 g/mol. The smallest absolute Gasteiger partial charge is 0.302 e. The van der Waals surface area contributed by atoms with E-state index in [1.165, 1.54) is 13.8 Å². The number of hydrogen-bond donors (Lipinski definition) is 3. The van der Waals surface area contributed by atoms with E-state index in [2.05, 4.69) is 13.8 Å². The van der Waals surface area contributed by atoms with Gasteiger partial charge in [0.2, 0.25) is 0 Å². The summed E-state index contributed by atoms with van der Waals surface area (Å²) in [5.41, 5.74) is -4.63. The molecular formula is C24H36O8. The highest BCUT2D eigenvalue weighted by Crippen LogP contribution is 2.72. The van der Waals surface area contributed by atoms with Gasteiger partial charge in [0, 0.05) is 37.5 Å². The summed E-state index contributed by atoms with van der Waals surface area (Å²) in [5.74, 6) is -3.34. The molecule has 0 aromatic carbocycles. The SMILES string of the molecule is CC(=O)O[C@@H]1C[C@@]2(O)[C@@H](C)C(=O)[C@]3([C@H](O)C[C@@H]4C(C)(C)CC[C@@H](OC(C)=O)[C@@]4(C)[C@@H]13)[C@H]2O. The molecule has 8 heteroatoms. The second-order valence-electron chi connectivity index (χ2n) is 11.5. The summed E-state index contributed by atoms with van der Waals surface area (Å²) in [6, 6.07) is 0. The van der Waals surface area contributed by atoms with Crippen LogP contribution in [-0.4, -0.2) is 63.1 Å². The number of aliphatic hydroxyl groups is 3. The lowest BCUT2D eigenvalue weighted by Crippen LogP contribution is -2.75. The zero-order chi connectivity index (χ0) is 24.0. The van der Waals surface area contributed by atoms with Crippen molar-refractivity contribution in [2.75, 3.05) is 0 Å². The molecule has 1 spiro atoms. The second-order valence-corrected chi connectivity index (χ2v) is 11.5. The Balaban J connectivity index is 1.99. The molecule has 2 bridgehead atoms. The number of aliphatic hydroxyl groups excluding tert-OH is 2. The third-order valence-corrected chi connectivity index (χ3v) is 9.66. The average Bonchev–Trinajstić information content (AvgIpc) is 2.75. The summed E-state index contributed by atoms with van der Waals surface area (Å²) >= 11 is 0. The van der Waals surface area contributed by atoms with Crippen molar-refractivity contribution in [1.82, 2.24) is 0 Å². The summed E-state index contributed by atoms with van der Waals surface area (Å²) in [5, 5.41) is 34.4. The Bertz CT molecular complexity index is 853. The minimum Gasteiger partial charge on any atom is -0.462 e. The van der Waals surface area contributed by atoms with Crippen LogP contribution in [0.4, 0.5) is 0 Å². The molecule has 0 radical (unpaired) electrons. The molecule has 4 fully saturated rings. The first kappa shape index (κ1) is 23.6. The van der Waals surface area contributed by atoms with E-state index < -0.39 is 70.4 Å². The van der Waals surface area contributed by atoms with Crippen LogP contribution in [0.2, 0.25) is 0 Å². The maximum Gasteiger partial charge on any atom is 0.302 e. The van der Waals surface area contributed by atoms with Crippen LogP contribution in [0.3, 0.4) is 0 Å². The van der Waals surface area contributed by atoms with Crippen molar-refractivity contribution >= 4 is 17.7 Å². The molecule has 32 heavy (non-hydrogen) atoms. The van der Waals surface area contributed by atoms with E-state index in [0.717, 1.165) is 6.42 Å². The lowest BCUT2D eigenvalue weighted by atomic mass is 9.38. The molecule has 0 aromatic heterocycles. The van der Waals surface area contributed by atoms with Crippen LogP contribution in [0, 0.1) is 34.0 Å². The summed E-state index contributed by atoms with van der Waals surface area (Å²) in [7, 11) is 0. The Labute approximate surface area is 188 Å². The van der Waals surface area contributed by atoms with Gasteiger partial charge < -0.3 is 24.8 Å². The van der Waals surface area contributed by atoms with E-state index in [1.807, 2.05) is 6.92 Å². The van der Waals surface area contributed by atoms with Gasteiger partial charge in [-0.25, -0.2) is 0 Å². The third-order valence-electron chi connectivity index (χ3n) is 9.66. The molecule has 0 aliphatic heterocycles. The molecule has 0 unspecified atom stereocenters. The van der Waals surface area contributed by atoms with Gasteiger partial charge in [0.25, 0.3) is 0 Å². The van der Waals surface area contributed by atoms with Gasteiger partial charge in [-0.2, -0.15) is 0 Å². The van der Waals surface area contributed by atoms with Crippen molar-refractivity contribution in [2.45, 2.75) is 97.2 Å². The molecule has 8 nitrogen and oxygen atoms in total. The van der Waals surface area contributed by atoms with E-state index in [0.29, 0.717) is 6.42 Å². The molecule has 4 aliphatic rings. The maximum atomic E-state index is 13.8. The van der Waals surface area contributed by atoms with E-state index in [4.69, 9.17) is 9.47 Å². The molecule has 4 saturated carbocycles. The first-order valence-corrected chi connectivity index (χ1v) is 11.6. The molecule has 0 aromatic rings. The largest absolute Gasteiger partial charge is 0.462 e. The summed E-state index contributed by atoms with van der Waals surface area (Å²) in [6.45, 7) is 10.3. The minimum absolute atomic E-state index is 0.116. The van der Waals surface area contributed by atoms with Crippen LogP contribution in [0.15, 0.2) is 0 Å². The number of rotatable bonds is 2. The molecule has 0 saturated heterocycles. The van der Waals surface area contributed by atoms with Gasteiger partial charge in [-0.1, -0.05) is 27.7 Å². The van der Waals surface area contributed by atoms with Crippen LogP contribution >= 0.6 is 0 Å². The van der Waals surface area contributed by atoms with Crippen LogP contribution < -0.4 is 0 Å². The van der Waals surface area contributed by atoms with E-state index in [1.54, 1.807) is 6.92 Å². The van der Waals surface area contributed by atoms with Crippen molar-refractivity contribution < 1.29 is 39.2 Å². The van der Waals surface area contributed by atoms with E-state index in [9.17, 15) is 29.7 Å². The number of Topliss-reactive ketones (excluding diaryl/α,β-unsaturated/α-hetero) is 1. The first-order valence-electron chi connectivity index (χ1n) is 11.6. The van der Waals surface area contributed by atoms with Crippen molar-refractivity contribution in [3.05, 3.63) is 0 Å². The summed E-state index contributed by atoms with van der Waals surface area (Å²) < 4.78 is 11.5. The number of fused-ring (bicyclic) bond motifs is 3. The third kappa shape index (κ3) is 2.69. The quantitative estimate of drug-likeness (QED) is 0.536. The van der Waals surface area contributed by atoms with Crippen LogP contribution in [0.1, 0.15) is 67.2 Å². The van der Waals surface area contributed by atoms with Crippen molar-refractivity contribution in [2.24, 2.45) is 34.0 Å². The fourth-order valence-corrected chi connectivity index (χ4v) is 8.39.